The highest BCUT2D eigenvalue weighted by Gasteiger charge is 2.30. The van der Waals surface area contributed by atoms with Crippen LogP contribution in [0.3, 0.4) is 0 Å². The monoisotopic (exact) mass is 518 g/mol. The molecule has 0 aliphatic carbocycles. The number of benzene rings is 2. The molecule has 0 bridgehead atoms. The molecule has 0 atom stereocenters. The average Bonchev–Trinajstić information content (AvgIpc) is 2.93. The van der Waals surface area contributed by atoms with E-state index in [0.717, 1.165) is 17.0 Å². The van der Waals surface area contributed by atoms with Crippen LogP contribution >= 0.6 is 0 Å². The number of amides is 2. The Morgan fingerprint density at radius 2 is 1.74 bits per heavy atom. The van der Waals surface area contributed by atoms with E-state index in [4.69, 9.17) is 14.5 Å². The van der Waals surface area contributed by atoms with Gasteiger partial charge in [-0.1, -0.05) is 30.3 Å². The summed E-state index contributed by atoms with van der Waals surface area (Å²) in [5.74, 6) is 0.394. The van der Waals surface area contributed by atoms with Gasteiger partial charge in [0.25, 0.3) is 5.91 Å². The molecule has 1 aliphatic rings. The zero-order chi connectivity index (χ0) is 27.1. The fourth-order valence-electron chi connectivity index (χ4n) is 4.49. The number of nitrogens with zero attached hydrogens (tertiary/aromatic N) is 3. The number of nitro benzene ring substituents is 1. The maximum Gasteiger partial charge on any atom is 0.415 e. The van der Waals surface area contributed by atoms with E-state index in [0.29, 0.717) is 50.3 Å². The number of para-hydroxylation sites is 3. The highest BCUT2D eigenvalue weighted by atomic mass is 16.6. The number of nitrogens with one attached hydrogen (secondary N) is 1. The Morgan fingerprint density at radius 1 is 1.05 bits per heavy atom. The first kappa shape index (κ1) is 26.6. The molecule has 38 heavy (non-hydrogen) atoms. The lowest BCUT2D eigenvalue weighted by Gasteiger charge is -2.31. The highest BCUT2D eigenvalue weighted by molar-refractivity contribution is 5.95. The summed E-state index contributed by atoms with van der Waals surface area (Å²) >= 11 is 0. The van der Waals surface area contributed by atoms with Crippen molar-refractivity contribution in [2.45, 2.75) is 39.2 Å². The van der Waals surface area contributed by atoms with Crippen molar-refractivity contribution in [3.63, 3.8) is 0 Å². The van der Waals surface area contributed by atoms with Gasteiger partial charge in [0.05, 0.1) is 22.8 Å². The van der Waals surface area contributed by atoms with E-state index in [1.807, 2.05) is 44.2 Å². The van der Waals surface area contributed by atoms with Crippen LogP contribution in [0.25, 0.3) is 0 Å². The molecule has 1 aromatic heterocycles. The summed E-state index contributed by atoms with van der Waals surface area (Å²) in [4.78, 5) is 42.7. The van der Waals surface area contributed by atoms with Crippen LogP contribution in [-0.2, 0) is 6.54 Å². The molecule has 3 aromatic rings. The predicted molar refractivity (Wildman–Crippen MR) is 140 cm³/mol. The van der Waals surface area contributed by atoms with E-state index in [1.54, 1.807) is 12.1 Å². The van der Waals surface area contributed by atoms with Gasteiger partial charge in [-0.05, 0) is 51.0 Å². The molecule has 1 saturated heterocycles. The first-order valence-corrected chi connectivity index (χ1v) is 12.5. The Labute approximate surface area is 220 Å². The number of aromatic nitrogens is 1. The number of hydrogen-bond donors (Lipinski definition) is 1. The molecule has 198 valence electrons. The summed E-state index contributed by atoms with van der Waals surface area (Å²) in [6.45, 7) is 5.40. The topological polar surface area (TPSA) is 124 Å². The lowest BCUT2D eigenvalue weighted by Crippen LogP contribution is -2.40. The zero-order valence-corrected chi connectivity index (χ0v) is 21.4. The summed E-state index contributed by atoms with van der Waals surface area (Å²) in [6, 6.07) is 17.0. The van der Waals surface area contributed by atoms with E-state index in [1.165, 1.54) is 23.1 Å². The molecule has 2 amide bonds. The zero-order valence-electron chi connectivity index (χ0n) is 21.4. The first-order chi connectivity index (χ1) is 18.4. The Kier molecular flexibility index (Phi) is 8.52. The minimum Gasteiger partial charge on any atom is -0.494 e. The van der Waals surface area contributed by atoms with Crippen molar-refractivity contribution in [1.82, 2.24) is 15.2 Å². The number of aryl methyl sites for hydroxylation is 1. The number of rotatable bonds is 8. The largest absolute Gasteiger partial charge is 0.494 e. The van der Waals surface area contributed by atoms with Crippen LogP contribution in [0.2, 0.25) is 0 Å². The van der Waals surface area contributed by atoms with Crippen molar-refractivity contribution < 1.29 is 24.0 Å². The van der Waals surface area contributed by atoms with E-state index >= 15 is 0 Å². The molecular formula is C28H30N4O6. The highest BCUT2D eigenvalue weighted by Crippen LogP contribution is 2.31. The summed E-state index contributed by atoms with van der Waals surface area (Å²) in [7, 11) is 0. The lowest BCUT2D eigenvalue weighted by atomic mass is 9.90. The second-order valence-corrected chi connectivity index (χ2v) is 8.96. The number of carbonyl (C=O) groups excluding carboxylic acids is 2. The summed E-state index contributed by atoms with van der Waals surface area (Å²) < 4.78 is 11.0. The molecule has 2 aromatic carbocycles. The Hall–Kier alpha value is -4.47. The first-order valence-electron chi connectivity index (χ1n) is 12.5. The SMILES string of the molecule is CCOc1ccccc1CNC(=O)c1ccc(C)nc1C1CCN(C(=O)Oc2ccccc2[N+](=O)[O-])CC1. The maximum absolute atomic E-state index is 13.2. The van der Waals surface area contributed by atoms with E-state index < -0.39 is 11.0 Å². The number of ether oxygens (including phenoxy) is 2. The Balaban J connectivity index is 1.41. The van der Waals surface area contributed by atoms with Gasteiger partial charge in [0.2, 0.25) is 5.75 Å². The molecule has 10 nitrogen and oxygen atoms in total. The Morgan fingerprint density at radius 3 is 2.45 bits per heavy atom. The van der Waals surface area contributed by atoms with Gasteiger partial charge in [0.1, 0.15) is 5.75 Å². The van der Waals surface area contributed by atoms with E-state index in [-0.39, 0.29) is 23.3 Å². The minimum atomic E-state index is -0.638. The van der Waals surface area contributed by atoms with E-state index in [9.17, 15) is 19.7 Å². The summed E-state index contributed by atoms with van der Waals surface area (Å²) in [5, 5.41) is 14.2. The smallest absolute Gasteiger partial charge is 0.415 e. The summed E-state index contributed by atoms with van der Waals surface area (Å²) in [6.07, 6.45) is 0.520. The van der Waals surface area contributed by atoms with Crippen LogP contribution in [0, 0.1) is 17.0 Å². The molecule has 0 unspecified atom stereocenters. The van der Waals surface area contributed by atoms with Gasteiger partial charge >= 0.3 is 11.8 Å². The van der Waals surface area contributed by atoms with Gasteiger partial charge in [-0.15, -0.1) is 0 Å². The number of hydrogen-bond acceptors (Lipinski definition) is 7. The van der Waals surface area contributed by atoms with Crippen molar-refractivity contribution in [3.05, 3.63) is 93.3 Å². The van der Waals surface area contributed by atoms with Crippen LogP contribution in [0.5, 0.6) is 11.5 Å². The number of pyridine rings is 1. The predicted octanol–water partition coefficient (Wildman–Crippen LogP) is 5.01. The molecule has 1 fully saturated rings. The third kappa shape index (κ3) is 6.26. The molecule has 0 radical (unpaired) electrons. The van der Waals surface area contributed by atoms with E-state index in [2.05, 4.69) is 5.32 Å². The van der Waals surface area contributed by atoms with Gasteiger partial charge in [-0.3, -0.25) is 19.9 Å². The van der Waals surface area contributed by atoms with Crippen LogP contribution < -0.4 is 14.8 Å². The standard InChI is InChI=1S/C28H30N4O6/c1-3-37-24-10-6-4-8-21(24)18-29-27(33)22-13-12-19(2)30-26(22)20-14-16-31(17-15-20)28(34)38-25-11-7-5-9-23(25)32(35)36/h4-13,20H,3,14-18H2,1-2H3,(H,29,33). The number of likely N-dealkylation sites (tertiary alicyclic amines) is 1. The second-order valence-electron chi connectivity index (χ2n) is 8.96. The van der Waals surface area contributed by atoms with Gasteiger partial charge in [0, 0.05) is 42.9 Å². The molecule has 2 heterocycles. The Bertz CT molecular complexity index is 1320. The number of nitro groups is 1. The average molecular weight is 519 g/mol. The van der Waals surface area contributed by atoms with Crippen molar-refractivity contribution >= 4 is 17.7 Å². The molecule has 1 aliphatic heterocycles. The minimum absolute atomic E-state index is 0.0264. The van der Waals surface area contributed by atoms with Gasteiger partial charge < -0.3 is 19.7 Å². The molecular weight excluding hydrogens is 488 g/mol. The molecule has 10 heteroatoms. The van der Waals surface area contributed by atoms with Crippen molar-refractivity contribution in [2.75, 3.05) is 19.7 Å². The van der Waals surface area contributed by atoms with Crippen LogP contribution in [0.15, 0.2) is 60.7 Å². The van der Waals surface area contributed by atoms with Crippen LogP contribution in [0.1, 0.15) is 53.0 Å². The van der Waals surface area contributed by atoms with Gasteiger partial charge in [-0.2, -0.15) is 0 Å². The van der Waals surface area contributed by atoms with Crippen LogP contribution in [-0.4, -0.2) is 46.5 Å². The number of carbonyl (C=O) groups is 2. The quantitative estimate of drug-likeness (QED) is 0.328. The maximum atomic E-state index is 13.2. The molecule has 0 spiro atoms. The molecule has 0 saturated carbocycles. The number of piperidine rings is 1. The van der Waals surface area contributed by atoms with Crippen molar-refractivity contribution in [1.29, 1.82) is 0 Å². The van der Waals surface area contributed by atoms with Crippen LogP contribution in [0.4, 0.5) is 10.5 Å². The van der Waals surface area contributed by atoms with Crippen molar-refractivity contribution in [3.8, 4) is 11.5 Å². The van der Waals surface area contributed by atoms with Crippen molar-refractivity contribution in [2.24, 2.45) is 0 Å². The molecule has 4 rings (SSSR count). The van der Waals surface area contributed by atoms with Gasteiger partial charge in [0.15, 0.2) is 0 Å². The fourth-order valence-corrected chi connectivity index (χ4v) is 4.49. The fraction of sp³-hybridized carbons (Fsp3) is 0.321. The molecule has 1 N–H and O–H groups in total. The third-order valence-electron chi connectivity index (χ3n) is 6.42. The lowest BCUT2D eigenvalue weighted by molar-refractivity contribution is -0.385. The normalized spacial score (nSPS) is 13.6. The van der Waals surface area contributed by atoms with Gasteiger partial charge in [-0.25, -0.2) is 4.79 Å². The second kappa shape index (κ2) is 12.2. The third-order valence-corrected chi connectivity index (χ3v) is 6.42. The summed E-state index contributed by atoms with van der Waals surface area (Å²) in [5.41, 5.74) is 2.63.